The van der Waals surface area contributed by atoms with Crippen molar-refractivity contribution in [3.63, 3.8) is 0 Å². The Morgan fingerprint density at radius 3 is 2.63 bits per heavy atom. The first-order valence-electron chi connectivity index (χ1n) is 6.43. The summed E-state index contributed by atoms with van der Waals surface area (Å²) >= 11 is 6.09. The highest BCUT2D eigenvalue weighted by molar-refractivity contribution is 6.32. The summed E-state index contributed by atoms with van der Waals surface area (Å²) in [5, 5.41) is 6.18. The third kappa shape index (κ3) is 4.99. The van der Waals surface area contributed by atoms with Gasteiger partial charge in [0.15, 0.2) is 0 Å². The standard InChI is InChI=1S/C14H21ClN2O2/c1-4-6-16-14(18)17-7-5-11-9-12(15)13(19-3)8-10(11)2/h8-9H,4-7H2,1-3H3,(H2,16,17,18). The van der Waals surface area contributed by atoms with Gasteiger partial charge < -0.3 is 15.4 Å². The first kappa shape index (κ1) is 15.6. The number of benzene rings is 1. The second-order valence-electron chi connectivity index (χ2n) is 4.35. The van der Waals surface area contributed by atoms with Crippen molar-refractivity contribution in [3.05, 3.63) is 28.3 Å². The van der Waals surface area contributed by atoms with Gasteiger partial charge in [0.25, 0.3) is 0 Å². The summed E-state index contributed by atoms with van der Waals surface area (Å²) in [7, 11) is 1.60. The molecule has 0 atom stereocenters. The molecule has 19 heavy (non-hydrogen) atoms. The van der Waals surface area contributed by atoms with E-state index in [0.717, 1.165) is 24.0 Å². The molecule has 1 aromatic carbocycles. The van der Waals surface area contributed by atoms with Crippen LogP contribution in [0.15, 0.2) is 12.1 Å². The van der Waals surface area contributed by atoms with Crippen LogP contribution in [0.2, 0.25) is 5.02 Å². The van der Waals surface area contributed by atoms with Gasteiger partial charge in [-0.2, -0.15) is 0 Å². The molecule has 0 aliphatic heterocycles. The van der Waals surface area contributed by atoms with Crippen molar-refractivity contribution in [1.29, 1.82) is 0 Å². The first-order valence-corrected chi connectivity index (χ1v) is 6.81. The van der Waals surface area contributed by atoms with E-state index in [0.29, 0.717) is 23.9 Å². The Labute approximate surface area is 119 Å². The molecule has 0 fully saturated rings. The zero-order chi connectivity index (χ0) is 14.3. The Hall–Kier alpha value is -1.42. The molecule has 0 spiro atoms. The second-order valence-corrected chi connectivity index (χ2v) is 4.75. The molecule has 0 aliphatic carbocycles. The number of hydrogen-bond acceptors (Lipinski definition) is 2. The summed E-state index contributed by atoms with van der Waals surface area (Å²) in [5.41, 5.74) is 2.22. The molecule has 2 amide bonds. The van der Waals surface area contributed by atoms with Crippen LogP contribution in [0, 0.1) is 6.92 Å². The van der Waals surface area contributed by atoms with Crippen molar-refractivity contribution >= 4 is 17.6 Å². The monoisotopic (exact) mass is 284 g/mol. The molecule has 4 nitrogen and oxygen atoms in total. The molecule has 0 unspecified atom stereocenters. The molecular weight excluding hydrogens is 264 g/mol. The maximum Gasteiger partial charge on any atom is 0.314 e. The number of ether oxygens (including phenoxy) is 1. The Morgan fingerprint density at radius 2 is 2.00 bits per heavy atom. The van der Waals surface area contributed by atoms with Crippen molar-refractivity contribution < 1.29 is 9.53 Å². The molecule has 0 heterocycles. The molecule has 0 radical (unpaired) electrons. The summed E-state index contributed by atoms with van der Waals surface area (Å²) in [6.45, 7) is 5.30. The van der Waals surface area contributed by atoms with E-state index in [1.54, 1.807) is 7.11 Å². The van der Waals surface area contributed by atoms with E-state index in [1.165, 1.54) is 0 Å². The lowest BCUT2D eigenvalue weighted by atomic mass is 10.1. The quantitative estimate of drug-likeness (QED) is 0.844. The molecule has 2 N–H and O–H groups in total. The topological polar surface area (TPSA) is 50.4 Å². The van der Waals surface area contributed by atoms with E-state index in [1.807, 2.05) is 26.0 Å². The predicted octanol–water partition coefficient (Wildman–Crippen LogP) is 2.91. The number of carbonyl (C=O) groups is 1. The van der Waals surface area contributed by atoms with E-state index in [2.05, 4.69) is 10.6 Å². The third-order valence-corrected chi connectivity index (χ3v) is 3.12. The maximum absolute atomic E-state index is 11.4. The van der Waals surface area contributed by atoms with E-state index in [9.17, 15) is 4.79 Å². The molecule has 0 saturated carbocycles. The number of hydrogen-bond donors (Lipinski definition) is 2. The highest BCUT2D eigenvalue weighted by Crippen LogP contribution is 2.27. The van der Waals surface area contributed by atoms with Crippen LogP contribution in [0.25, 0.3) is 0 Å². The molecule has 0 aromatic heterocycles. The molecule has 1 aromatic rings. The maximum atomic E-state index is 11.4. The summed E-state index contributed by atoms with van der Waals surface area (Å²) in [5.74, 6) is 0.677. The van der Waals surface area contributed by atoms with E-state index in [4.69, 9.17) is 16.3 Å². The second kappa shape index (κ2) is 7.89. The molecule has 106 valence electrons. The Bertz CT molecular complexity index is 436. The number of aryl methyl sites for hydroxylation is 1. The van der Waals surface area contributed by atoms with Gasteiger partial charge in [-0.1, -0.05) is 18.5 Å². The lowest BCUT2D eigenvalue weighted by molar-refractivity contribution is 0.241. The van der Waals surface area contributed by atoms with Crippen molar-refractivity contribution in [2.75, 3.05) is 20.2 Å². The minimum absolute atomic E-state index is 0.126. The van der Waals surface area contributed by atoms with Crippen molar-refractivity contribution in [1.82, 2.24) is 10.6 Å². The average molecular weight is 285 g/mol. The van der Waals surface area contributed by atoms with Crippen LogP contribution in [0.5, 0.6) is 5.75 Å². The molecular formula is C14H21ClN2O2. The van der Waals surface area contributed by atoms with E-state index in [-0.39, 0.29) is 6.03 Å². The van der Waals surface area contributed by atoms with Crippen LogP contribution in [0.4, 0.5) is 4.79 Å². The van der Waals surface area contributed by atoms with Gasteiger partial charge in [0, 0.05) is 13.1 Å². The first-order chi connectivity index (χ1) is 9.08. The van der Waals surface area contributed by atoms with Crippen molar-refractivity contribution in [2.24, 2.45) is 0 Å². The van der Waals surface area contributed by atoms with Gasteiger partial charge in [-0.05, 0) is 43.0 Å². The van der Waals surface area contributed by atoms with Gasteiger partial charge in [-0.25, -0.2) is 4.79 Å². The molecule has 5 heteroatoms. The van der Waals surface area contributed by atoms with E-state index >= 15 is 0 Å². The number of nitrogens with one attached hydrogen (secondary N) is 2. The zero-order valence-corrected chi connectivity index (χ0v) is 12.4. The Kier molecular flexibility index (Phi) is 6.50. The number of halogens is 1. The van der Waals surface area contributed by atoms with Gasteiger partial charge in [0.05, 0.1) is 12.1 Å². The number of methoxy groups -OCH3 is 1. The summed E-state index contributed by atoms with van der Waals surface area (Å²) in [6, 6.07) is 3.68. The Balaban J connectivity index is 2.49. The average Bonchev–Trinajstić information content (AvgIpc) is 2.39. The summed E-state index contributed by atoms with van der Waals surface area (Å²) in [6.07, 6.45) is 1.68. The van der Waals surface area contributed by atoms with Gasteiger partial charge in [0.1, 0.15) is 5.75 Å². The minimum Gasteiger partial charge on any atom is -0.495 e. The number of urea groups is 1. The lowest BCUT2D eigenvalue weighted by Crippen LogP contribution is -2.36. The SMILES string of the molecule is CCCNC(=O)NCCc1cc(Cl)c(OC)cc1C. The summed E-state index contributed by atoms with van der Waals surface area (Å²) in [4.78, 5) is 11.4. The number of rotatable bonds is 6. The van der Waals surface area contributed by atoms with Gasteiger partial charge in [-0.15, -0.1) is 0 Å². The number of amides is 2. The molecule has 1 rings (SSSR count). The van der Waals surface area contributed by atoms with Crippen LogP contribution >= 0.6 is 11.6 Å². The highest BCUT2D eigenvalue weighted by atomic mass is 35.5. The van der Waals surface area contributed by atoms with Crippen molar-refractivity contribution in [3.8, 4) is 5.75 Å². The van der Waals surface area contributed by atoms with Crippen LogP contribution in [-0.2, 0) is 6.42 Å². The van der Waals surface area contributed by atoms with Crippen LogP contribution in [0.1, 0.15) is 24.5 Å². The smallest absolute Gasteiger partial charge is 0.314 e. The number of carbonyl (C=O) groups excluding carboxylic acids is 1. The fourth-order valence-corrected chi connectivity index (χ4v) is 2.00. The highest BCUT2D eigenvalue weighted by Gasteiger charge is 2.06. The lowest BCUT2D eigenvalue weighted by Gasteiger charge is -2.11. The zero-order valence-electron chi connectivity index (χ0n) is 11.7. The van der Waals surface area contributed by atoms with Crippen LogP contribution < -0.4 is 15.4 Å². The van der Waals surface area contributed by atoms with Crippen molar-refractivity contribution in [2.45, 2.75) is 26.7 Å². The fraction of sp³-hybridized carbons (Fsp3) is 0.500. The molecule has 0 aliphatic rings. The normalized spacial score (nSPS) is 10.1. The Morgan fingerprint density at radius 1 is 1.32 bits per heavy atom. The van der Waals surface area contributed by atoms with Crippen LogP contribution in [0.3, 0.4) is 0 Å². The molecule has 0 saturated heterocycles. The summed E-state index contributed by atoms with van der Waals surface area (Å²) < 4.78 is 5.16. The minimum atomic E-state index is -0.126. The van der Waals surface area contributed by atoms with Gasteiger partial charge >= 0.3 is 6.03 Å². The van der Waals surface area contributed by atoms with Crippen LogP contribution in [-0.4, -0.2) is 26.2 Å². The largest absolute Gasteiger partial charge is 0.495 e. The molecule has 0 bridgehead atoms. The third-order valence-electron chi connectivity index (χ3n) is 2.83. The predicted molar refractivity (Wildman–Crippen MR) is 78.1 cm³/mol. The van der Waals surface area contributed by atoms with E-state index < -0.39 is 0 Å². The van der Waals surface area contributed by atoms with Gasteiger partial charge in [0.2, 0.25) is 0 Å². The van der Waals surface area contributed by atoms with Gasteiger partial charge in [-0.3, -0.25) is 0 Å². The fourth-order valence-electron chi connectivity index (χ4n) is 1.73.